The van der Waals surface area contributed by atoms with E-state index in [-0.39, 0.29) is 0 Å². The zero-order chi connectivity index (χ0) is 20.8. The number of ether oxygens (including phenoxy) is 2. The number of nitrogens with one attached hydrogen (secondary N) is 1. The van der Waals surface area contributed by atoms with Gasteiger partial charge in [-0.05, 0) is 48.5 Å². The molecule has 0 saturated carbocycles. The van der Waals surface area contributed by atoms with Crippen molar-refractivity contribution in [3.8, 4) is 11.5 Å². The van der Waals surface area contributed by atoms with E-state index in [1.54, 1.807) is 25.4 Å². The molecule has 30 heavy (non-hydrogen) atoms. The Labute approximate surface area is 175 Å². The SMILES string of the molecule is COc1ccc(N2CCN(c3ccc(NC(=O)Oc4ccccc4)cc3)CC2)nc1. The van der Waals surface area contributed by atoms with Gasteiger partial charge in [0.15, 0.2) is 0 Å². The summed E-state index contributed by atoms with van der Waals surface area (Å²) in [6.45, 7) is 3.58. The molecule has 1 N–H and O–H groups in total. The molecule has 0 aliphatic carbocycles. The first-order valence-electron chi connectivity index (χ1n) is 9.85. The monoisotopic (exact) mass is 404 g/mol. The van der Waals surface area contributed by atoms with Crippen LogP contribution in [0.3, 0.4) is 0 Å². The van der Waals surface area contributed by atoms with Crippen molar-refractivity contribution in [2.75, 3.05) is 48.4 Å². The summed E-state index contributed by atoms with van der Waals surface area (Å²) in [4.78, 5) is 21.1. The van der Waals surface area contributed by atoms with Crippen molar-refractivity contribution >= 4 is 23.3 Å². The van der Waals surface area contributed by atoms with Gasteiger partial charge in [0.25, 0.3) is 0 Å². The van der Waals surface area contributed by atoms with Crippen LogP contribution in [-0.4, -0.2) is 44.4 Å². The number of anilines is 3. The summed E-state index contributed by atoms with van der Waals surface area (Å²) in [5, 5.41) is 2.75. The Morgan fingerprint density at radius 1 is 0.867 bits per heavy atom. The van der Waals surface area contributed by atoms with E-state index in [9.17, 15) is 4.79 Å². The molecule has 3 aromatic rings. The van der Waals surface area contributed by atoms with Crippen LogP contribution in [0.1, 0.15) is 0 Å². The van der Waals surface area contributed by atoms with Gasteiger partial charge in [-0.1, -0.05) is 18.2 Å². The van der Waals surface area contributed by atoms with Crippen LogP contribution in [0.4, 0.5) is 22.0 Å². The Morgan fingerprint density at radius 2 is 1.57 bits per heavy atom. The third-order valence-electron chi connectivity index (χ3n) is 4.99. The molecular weight excluding hydrogens is 380 g/mol. The van der Waals surface area contributed by atoms with Gasteiger partial charge in [-0.3, -0.25) is 5.32 Å². The molecule has 2 aromatic carbocycles. The van der Waals surface area contributed by atoms with E-state index < -0.39 is 6.09 Å². The average molecular weight is 404 g/mol. The number of pyridine rings is 1. The van der Waals surface area contributed by atoms with E-state index in [0.717, 1.165) is 43.4 Å². The van der Waals surface area contributed by atoms with Crippen LogP contribution in [0, 0.1) is 0 Å². The molecular formula is C23H24N4O3. The molecule has 4 rings (SSSR count). The largest absolute Gasteiger partial charge is 0.495 e. The highest BCUT2D eigenvalue weighted by atomic mass is 16.6. The van der Waals surface area contributed by atoms with E-state index in [4.69, 9.17) is 9.47 Å². The van der Waals surface area contributed by atoms with E-state index in [2.05, 4.69) is 20.1 Å². The van der Waals surface area contributed by atoms with Crippen molar-refractivity contribution < 1.29 is 14.3 Å². The first-order valence-corrected chi connectivity index (χ1v) is 9.85. The molecule has 154 valence electrons. The van der Waals surface area contributed by atoms with Gasteiger partial charge in [0.05, 0.1) is 13.3 Å². The molecule has 1 fully saturated rings. The average Bonchev–Trinajstić information content (AvgIpc) is 2.80. The molecule has 2 heterocycles. The fourth-order valence-corrected chi connectivity index (χ4v) is 3.37. The number of hydrogen-bond acceptors (Lipinski definition) is 6. The molecule has 7 nitrogen and oxygen atoms in total. The maximum absolute atomic E-state index is 12.0. The van der Waals surface area contributed by atoms with Crippen LogP contribution >= 0.6 is 0 Å². The van der Waals surface area contributed by atoms with Crippen LogP contribution < -0.4 is 24.6 Å². The molecule has 1 aliphatic heterocycles. The molecule has 0 radical (unpaired) electrons. The standard InChI is InChI=1S/C23H24N4O3/c1-29-21-11-12-22(24-17-21)27-15-13-26(14-16-27)19-9-7-18(8-10-19)25-23(28)30-20-5-3-2-4-6-20/h2-12,17H,13-16H2,1H3,(H,25,28). The fraction of sp³-hybridized carbons (Fsp3) is 0.217. The van der Waals surface area contributed by atoms with Crippen molar-refractivity contribution in [3.63, 3.8) is 0 Å². The molecule has 0 unspecified atom stereocenters. The highest BCUT2D eigenvalue weighted by Gasteiger charge is 2.18. The lowest BCUT2D eigenvalue weighted by Gasteiger charge is -2.36. The van der Waals surface area contributed by atoms with Gasteiger partial charge in [-0.15, -0.1) is 0 Å². The summed E-state index contributed by atoms with van der Waals surface area (Å²) >= 11 is 0. The molecule has 0 atom stereocenters. The smallest absolute Gasteiger partial charge is 0.417 e. The summed E-state index contributed by atoms with van der Waals surface area (Å²) in [5.74, 6) is 2.24. The maximum atomic E-state index is 12.0. The van der Waals surface area contributed by atoms with Crippen molar-refractivity contribution in [2.45, 2.75) is 0 Å². The van der Waals surface area contributed by atoms with Crippen molar-refractivity contribution in [1.82, 2.24) is 4.98 Å². The molecule has 1 saturated heterocycles. The number of para-hydroxylation sites is 1. The number of carbonyl (C=O) groups excluding carboxylic acids is 1. The number of piperazine rings is 1. The number of amides is 1. The number of aromatic nitrogens is 1. The van der Waals surface area contributed by atoms with Crippen LogP contribution in [0.25, 0.3) is 0 Å². The number of nitrogens with zero attached hydrogens (tertiary/aromatic N) is 3. The third kappa shape index (κ3) is 4.81. The zero-order valence-corrected chi connectivity index (χ0v) is 16.8. The molecule has 1 aliphatic rings. The molecule has 7 heteroatoms. The third-order valence-corrected chi connectivity index (χ3v) is 4.99. The first-order chi connectivity index (χ1) is 14.7. The second kappa shape index (κ2) is 9.17. The first kappa shape index (κ1) is 19.6. The van der Waals surface area contributed by atoms with Crippen LogP contribution in [0.5, 0.6) is 11.5 Å². The minimum Gasteiger partial charge on any atom is -0.495 e. The van der Waals surface area contributed by atoms with Gasteiger partial charge < -0.3 is 19.3 Å². The molecule has 0 bridgehead atoms. The second-order valence-electron chi connectivity index (χ2n) is 6.90. The van der Waals surface area contributed by atoms with Gasteiger partial charge >= 0.3 is 6.09 Å². The van der Waals surface area contributed by atoms with Crippen molar-refractivity contribution in [3.05, 3.63) is 72.9 Å². The topological polar surface area (TPSA) is 66.9 Å². The van der Waals surface area contributed by atoms with Crippen LogP contribution in [0.2, 0.25) is 0 Å². The van der Waals surface area contributed by atoms with E-state index in [1.165, 1.54) is 0 Å². The van der Waals surface area contributed by atoms with E-state index in [1.807, 2.05) is 54.6 Å². The zero-order valence-electron chi connectivity index (χ0n) is 16.8. The summed E-state index contributed by atoms with van der Waals surface area (Å²) in [7, 11) is 1.64. The van der Waals surface area contributed by atoms with Crippen molar-refractivity contribution in [2.24, 2.45) is 0 Å². The van der Waals surface area contributed by atoms with Gasteiger partial charge in [0.2, 0.25) is 0 Å². The Kier molecular flexibility index (Phi) is 5.98. The maximum Gasteiger partial charge on any atom is 0.417 e. The van der Waals surface area contributed by atoms with E-state index >= 15 is 0 Å². The van der Waals surface area contributed by atoms with Gasteiger partial charge in [-0.25, -0.2) is 9.78 Å². The Bertz CT molecular complexity index is 954. The highest BCUT2D eigenvalue weighted by Crippen LogP contribution is 2.22. The van der Waals surface area contributed by atoms with Gasteiger partial charge in [0.1, 0.15) is 17.3 Å². The lowest BCUT2D eigenvalue weighted by Crippen LogP contribution is -2.46. The quantitative estimate of drug-likeness (QED) is 0.693. The van der Waals surface area contributed by atoms with Gasteiger partial charge in [-0.2, -0.15) is 0 Å². The summed E-state index contributed by atoms with van der Waals surface area (Å²) in [6.07, 6.45) is 1.24. The molecule has 1 aromatic heterocycles. The van der Waals surface area contributed by atoms with Crippen LogP contribution in [-0.2, 0) is 0 Å². The summed E-state index contributed by atoms with van der Waals surface area (Å²) in [5.41, 5.74) is 1.82. The summed E-state index contributed by atoms with van der Waals surface area (Å²) < 4.78 is 10.4. The fourth-order valence-electron chi connectivity index (χ4n) is 3.37. The Balaban J connectivity index is 1.29. The minimum atomic E-state index is -0.505. The summed E-state index contributed by atoms with van der Waals surface area (Å²) in [6, 6.07) is 20.7. The number of hydrogen-bond donors (Lipinski definition) is 1. The number of methoxy groups -OCH3 is 1. The number of benzene rings is 2. The predicted octanol–water partition coefficient (Wildman–Crippen LogP) is 4.03. The number of rotatable bonds is 5. The minimum absolute atomic E-state index is 0.505. The lowest BCUT2D eigenvalue weighted by atomic mass is 10.2. The Hall–Kier alpha value is -3.74. The molecule has 1 amide bonds. The second-order valence-corrected chi connectivity index (χ2v) is 6.90. The van der Waals surface area contributed by atoms with Crippen molar-refractivity contribution in [1.29, 1.82) is 0 Å². The van der Waals surface area contributed by atoms with Gasteiger partial charge in [0, 0.05) is 37.6 Å². The van der Waals surface area contributed by atoms with Crippen LogP contribution in [0.15, 0.2) is 72.9 Å². The Morgan fingerprint density at radius 3 is 2.20 bits per heavy atom. The highest BCUT2D eigenvalue weighted by molar-refractivity contribution is 5.86. The molecule has 0 spiro atoms. The van der Waals surface area contributed by atoms with E-state index in [0.29, 0.717) is 11.4 Å². The normalized spacial score (nSPS) is 13.6. The predicted molar refractivity (Wildman–Crippen MR) is 118 cm³/mol. The lowest BCUT2D eigenvalue weighted by molar-refractivity contribution is 0.215. The number of carbonyl (C=O) groups is 1.